The van der Waals surface area contributed by atoms with Gasteiger partial charge in [0.1, 0.15) is 10.6 Å². The number of amides is 1. The summed E-state index contributed by atoms with van der Waals surface area (Å²) in [5.74, 6) is -0.532. The van der Waals surface area contributed by atoms with E-state index in [0.717, 1.165) is 21.6 Å². The number of aromatic nitrogens is 2. The summed E-state index contributed by atoms with van der Waals surface area (Å²) in [6.45, 7) is 3.68. The van der Waals surface area contributed by atoms with E-state index in [9.17, 15) is 14.3 Å². The number of benzene rings is 1. The van der Waals surface area contributed by atoms with E-state index in [4.69, 9.17) is 0 Å². The third kappa shape index (κ3) is 3.11. The number of carbonyl (C=O) groups excluding carboxylic acids is 1. The molecule has 2 N–H and O–H groups in total. The molecular formula is C16H16FN3O2S. The zero-order valence-electron chi connectivity index (χ0n) is 12.7. The first kappa shape index (κ1) is 15.6. The minimum Gasteiger partial charge on any atom is -0.392 e. The zero-order valence-corrected chi connectivity index (χ0v) is 13.5. The van der Waals surface area contributed by atoms with Crippen LogP contribution in [0.5, 0.6) is 0 Å². The van der Waals surface area contributed by atoms with Crippen molar-refractivity contribution in [3.05, 3.63) is 46.7 Å². The Bertz CT molecular complexity index is 852. The highest BCUT2D eigenvalue weighted by atomic mass is 32.1. The molecular weight excluding hydrogens is 317 g/mol. The Morgan fingerprint density at radius 1 is 1.43 bits per heavy atom. The Morgan fingerprint density at radius 2 is 2.13 bits per heavy atom. The Balaban J connectivity index is 1.98. The van der Waals surface area contributed by atoms with Crippen molar-refractivity contribution < 1.29 is 14.3 Å². The van der Waals surface area contributed by atoms with Crippen molar-refractivity contribution in [2.75, 3.05) is 6.54 Å². The van der Waals surface area contributed by atoms with Gasteiger partial charge in [-0.15, -0.1) is 11.3 Å². The van der Waals surface area contributed by atoms with Gasteiger partial charge in [0.2, 0.25) is 0 Å². The molecule has 0 unspecified atom stereocenters. The lowest BCUT2D eigenvalue weighted by Gasteiger charge is -2.05. The Labute approximate surface area is 136 Å². The van der Waals surface area contributed by atoms with Gasteiger partial charge in [-0.2, -0.15) is 5.10 Å². The van der Waals surface area contributed by atoms with Crippen molar-refractivity contribution in [2.24, 2.45) is 0 Å². The first-order valence-electron chi connectivity index (χ1n) is 7.17. The summed E-state index contributed by atoms with van der Waals surface area (Å²) in [5, 5.41) is 17.3. The number of carbonyl (C=O) groups is 1. The quantitative estimate of drug-likeness (QED) is 0.771. The van der Waals surface area contributed by atoms with Gasteiger partial charge in [-0.25, -0.2) is 9.07 Å². The minimum atomic E-state index is -0.593. The van der Waals surface area contributed by atoms with E-state index < -0.39 is 6.10 Å². The van der Waals surface area contributed by atoms with Crippen molar-refractivity contribution >= 4 is 27.5 Å². The average Bonchev–Trinajstić information content (AvgIpc) is 3.07. The second kappa shape index (κ2) is 6.10. The van der Waals surface area contributed by atoms with Crippen molar-refractivity contribution in [3.8, 4) is 5.69 Å². The molecule has 5 nitrogen and oxygen atoms in total. The molecule has 2 aromatic heterocycles. The van der Waals surface area contributed by atoms with Crippen LogP contribution in [0.1, 0.15) is 22.3 Å². The molecule has 0 bridgehead atoms. The van der Waals surface area contributed by atoms with Crippen LogP contribution in [0.2, 0.25) is 0 Å². The Morgan fingerprint density at radius 3 is 2.78 bits per heavy atom. The molecule has 3 aromatic rings. The third-order valence-electron chi connectivity index (χ3n) is 3.40. The van der Waals surface area contributed by atoms with E-state index in [0.29, 0.717) is 4.88 Å². The maximum absolute atomic E-state index is 13.1. The first-order valence-corrected chi connectivity index (χ1v) is 7.98. The number of aliphatic hydroxyl groups excluding tert-OH is 1. The van der Waals surface area contributed by atoms with Crippen molar-refractivity contribution in [2.45, 2.75) is 20.0 Å². The molecule has 0 aliphatic carbocycles. The summed E-state index contributed by atoms with van der Waals surface area (Å²) in [6, 6.07) is 7.84. The number of rotatable bonds is 4. The molecule has 0 fully saturated rings. The lowest BCUT2D eigenvalue weighted by Crippen LogP contribution is -2.29. The fraction of sp³-hybridized carbons (Fsp3) is 0.250. The molecule has 7 heteroatoms. The van der Waals surface area contributed by atoms with Crippen LogP contribution in [-0.4, -0.2) is 33.4 Å². The van der Waals surface area contributed by atoms with E-state index in [1.54, 1.807) is 29.8 Å². The number of nitrogens with zero attached hydrogens (tertiary/aromatic N) is 2. The molecule has 3 rings (SSSR count). The van der Waals surface area contributed by atoms with Crippen LogP contribution >= 0.6 is 11.3 Å². The number of hydrogen-bond acceptors (Lipinski definition) is 4. The fourth-order valence-corrected chi connectivity index (χ4v) is 3.34. The second-order valence-corrected chi connectivity index (χ2v) is 6.39. The van der Waals surface area contributed by atoms with Gasteiger partial charge in [0.15, 0.2) is 0 Å². The van der Waals surface area contributed by atoms with E-state index in [-0.39, 0.29) is 18.3 Å². The molecule has 23 heavy (non-hydrogen) atoms. The van der Waals surface area contributed by atoms with Gasteiger partial charge in [-0.05, 0) is 44.2 Å². The number of hydrogen-bond donors (Lipinski definition) is 2. The maximum atomic E-state index is 13.1. The van der Waals surface area contributed by atoms with Crippen LogP contribution in [0.3, 0.4) is 0 Å². The molecule has 0 spiro atoms. The van der Waals surface area contributed by atoms with Crippen LogP contribution < -0.4 is 5.32 Å². The third-order valence-corrected chi connectivity index (χ3v) is 4.51. The number of fused-ring (bicyclic) bond motifs is 1. The van der Waals surface area contributed by atoms with Gasteiger partial charge in [-0.1, -0.05) is 0 Å². The van der Waals surface area contributed by atoms with Crippen LogP contribution in [0.15, 0.2) is 30.3 Å². The standard InChI is InChI=1S/C16H16FN3O2S/c1-9(21)8-18-15(22)14-7-13-10(2)19-20(16(13)23-14)12-5-3-11(17)4-6-12/h3-7,9,21H,8H2,1-2H3,(H,18,22)/t9-/m0/s1. The van der Waals surface area contributed by atoms with Gasteiger partial charge >= 0.3 is 0 Å². The summed E-state index contributed by atoms with van der Waals surface area (Å²) in [4.78, 5) is 13.5. The van der Waals surface area contributed by atoms with Gasteiger partial charge in [0.25, 0.3) is 5.91 Å². The number of thiophene rings is 1. The number of halogens is 1. The zero-order chi connectivity index (χ0) is 16.6. The van der Waals surface area contributed by atoms with Gasteiger partial charge in [0.05, 0.1) is 22.4 Å². The minimum absolute atomic E-state index is 0.205. The summed E-state index contributed by atoms with van der Waals surface area (Å²) in [7, 11) is 0. The molecule has 1 atom stereocenters. The van der Waals surface area contributed by atoms with E-state index in [2.05, 4.69) is 10.4 Å². The number of aryl methyl sites for hydroxylation is 1. The molecule has 2 heterocycles. The first-order chi connectivity index (χ1) is 11.0. The molecule has 1 amide bonds. The predicted molar refractivity (Wildman–Crippen MR) is 87.7 cm³/mol. The summed E-state index contributed by atoms with van der Waals surface area (Å²) < 4.78 is 14.8. The summed E-state index contributed by atoms with van der Waals surface area (Å²) in [6.07, 6.45) is -0.593. The monoisotopic (exact) mass is 333 g/mol. The van der Waals surface area contributed by atoms with E-state index >= 15 is 0 Å². The maximum Gasteiger partial charge on any atom is 0.261 e. The van der Waals surface area contributed by atoms with E-state index in [1.807, 2.05) is 6.92 Å². The highest BCUT2D eigenvalue weighted by molar-refractivity contribution is 7.20. The van der Waals surface area contributed by atoms with Crippen LogP contribution in [0.4, 0.5) is 4.39 Å². The second-order valence-electron chi connectivity index (χ2n) is 5.36. The molecule has 0 saturated carbocycles. The highest BCUT2D eigenvalue weighted by Crippen LogP contribution is 2.30. The molecule has 0 aliphatic rings. The largest absolute Gasteiger partial charge is 0.392 e. The van der Waals surface area contributed by atoms with Crippen molar-refractivity contribution in [1.29, 1.82) is 0 Å². The van der Waals surface area contributed by atoms with Crippen LogP contribution in [0, 0.1) is 12.7 Å². The normalized spacial score (nSPS) is 12.5. The smallest absolute Gasteiger partial charge is 0.261 e. The average molecular weight is 333 g/mol. The molecule has 0 aliphatic heterocycles. The lowest BCUT2D eigenvalue weighted by atomic mass is 10.3. The molecule has 0 radical (unpaired) electrons. The van der Waals surface area contributed by atoms with E-state index in [1.165, 1.54) is 23.5 Å². The molecule has 0 saturated heterocycles. The molecule has 120 valence electrons. The topological polar surface area (TPSA) is 67.2 Å². The van der Waals surface area contributed by atoms with Gasteiger partial charge in [0, 0.05) is 11.9 Å². The fourth-order valence-electron chi connectivity index (χ4n) is 2.24. The van der Waals surface area contributed by atoms with Gasteiger partial charge in [-0.3, -0.25) is 4.79 Å². The predicted octanol–water partition coefficient (Wildman–Crippen LogP) is 2.65. The van der Waals surface area contributed by atoms with Crippen LogP contribution in [0.25, 0.3) is 15.9 Å². The Hall–Kier alpha value is -2.25. The highest BCUT2D eigenvalue weighted by Gasteiger charge is 2.17. The summed E-state index contributed by atoms with van der Waals surface area (Å²) >= 11 is 1.32. The lowest BCUT2D eigenvalue weighted by molar-refractivity contribution is 0.0928. The van der Waals surface area contributed by atoms with Crippen molar-refractivity contribution in [1.82, 2.24) is 15.1 Å². The molecule has 1 aromatic carbocycles. The summed E-state index contributed by atoms with van der Waals surface area (Å²) in [5.41, 5.74) is 1.54. The van der Waals surface area contributed by atoms with Crippen molar-refractivity contribution in [3.63, 3.8) is 0 Å². The number of aliphatic hydroxyl groups is 1. The van der Waals surface area contributed by atoms with Crippen LogP contribution in [-0.2, 0) is 0 Å². The Kier molecular flexibility index (Phi) is 4.14. The SMILES string of the molecule is Cc1nn(-c2ccc(F)cc2)c2sc(C(=O)NC[C@H](C)O)cc12. The van der Waals surface area contributed by atoms with Gasteiger partial charge < -0.3 is 10.4 Å². The number of nitrogens with one attached hydrogen (secondary N) is 1.